The molecule has 8 heteroatoms. The van der Waals surface area contributed by atoms with Gasteiger partial charge in [-0.1, -0.05) is 17.7 Å². The van der Waals surface area contributed by atoms with Crippen LogP contribution in [0.5, 0.6) is 17.2 Å². The molecule has 1 unspecified atom stereocenters. The van der Waals surface area contributed by atoms with Crippen LogP contribution in [0, 0.1) is 13.8 Å². The van der Waals surface area contributed by atoms with E-state index in [1.165, 1.54) is 25.2 Å². The summed E-state index contributed by atoms with van der Waals surface area (Å²) in [6, 6.07) is 8.29. The Labute approximate surface area is 212 Å². The Morgan fingerprint density at radius 1 is 0.944 bits per heavy atom. The maximum absolute atomic E-state index is 13.2. The number of aryl methyl sites for hydroxylation is 3. The molecule has 1 aliphatic heterocycles. The molecular formula is C28H35NO7. The van der Waals surface area contributed by atoms with Gasteiger partial charge in [0.2, 0.25) is 0 Å². The van der Waals surface area contributed by atoms with Crippen LogP contribution in [-0.4, -0.2) is 63.1 Å². The van der Waals surface area contributed by atoms with Crippen LogP contribution in [-0.2, 0) is 20.7 Å². The first-order valence-electron chi connectivity index (χ1n) is 12.2. The molecule has 36 heavy (non-hydrogen) atoms. The monoisotopic (exact) mass is 497 g/mol. The fourth-order valence-corrected chi connectivity index (χ4v) is 4.59. The molecule has 1 saturated heterocycles. The first-order valence-corrected chi connectivity index (χ1v) is 12.2. The van der Waals surface area contributed by atoms with E-state index in [2.05, 4.69) is 6.07 Å². The molecule has 1 heterocycles. The smallest absolute Gasteiger partial charge is 0.328 e. The standard InChI is InChI=1S/C28H35NO7/c1-18-11-12-23(33-3)20(15-18)9-8-14-36-28(32)22-10-6-7-13-29(22)27(31)25(30)21-16-19(2)26(35-5)24(17-21)34-4/h11-12,15-17,22H,6-10,13-14H2,1-5H3. The van der Waals surface area contributed by atoms with Crippen LogP contribution in [0.2, 0.25) is 0 Å². The van der Waals surface area contributed by atoms with Crippen molar-refractivity contribution in [3.8, 4) is 17.2 Å². The molecule has 0 bridgehead atoms. The predicted octanol–water partition coefficient (Wildman–Crippen LogP) is 4.07. The van der Waals surface area contributed by atoms with Crippen molar-refractivity contribution in [2.75, 3.05) is 34.5 Å². The SMILES string of the molecule is COc1ccc(C)cc1CCCOC(=O)C1CCCCN1C(=O)C(=O)c1cc(C)c(OC)c(OC)c1. The third-order valence-electron chi connectivity index (χ3n) is 6.43. The fourth-order valence-electron chi connectivity index (χ4n) is 4.59. The van der Waals surface area contributed by atoms with E-state index in [0.29, 0.717) is 42.9 Å². The summed E-state index contributed by atoms with van der Waals surface area (Å²) in [6.45, 7) is 4.34. The Hall–Kier alpha value is -3.55. The number of benzene rings is 2. The maximum atomic E-state index is 13.2. The van der Waals surface area contributed by atoms with Crippen LogP contribution < -0.4 is 14.2 Å². The molecule has 1 atom stereocenters. The second-order valence-electron chi connectivity index (χ2n) is 8.95. The lowest BCUT2D eigenvalue weighted by molar-refractivity contribution is -0.155. The fraction of sp³-hybridized carbons (Fsp3) is 0.464. The predicted molar refractivity (Wildman–Crippen MR) is 135 cm³/mol. The molecule has 1 amide bonds. The summed E-state index contributed by atoms with van der Waals surface area (Å²) < 4.78 is 21.6. The van der Waals surface area contributed by atoms with E-state index in [4.69, 9.17) is 18.9 Å². The molecule has 194 valence electrons. The highest BCUT2D eigenvalue weighted by Crippen LogP contribution is 2.32. The highest BCUT2D eigenvalue weighted by molar-refractivity contribution is 6.43. The molecule has 1 aliphatic rings. The lowest BCUT2D eigenvalue weighted by atomic mass is 9.99. The van der Waals surface area contributed by atoms with E-state index in [0.717, 1.165) is 29.7 Å². The van der Waals surface area contributed by atoms with Crippen LogP contribution in [0.3, 0.4) is 0 Å². The van der Waals surface area contributed by atoms with Gasteiger partial charge in [-0.15, -0.1) is 0 Å². The molecule has 0 radical (unpaired) electrons. The van der Waals surface area contributed by atoms with Gasteiger partial charge in [-0.2, -0.15) is 0 Å². The van der Waals surface area contributed by atoms with Crippen LogP contribution in [0.1, 0.15) is 52.7 Å². The molecule has 0 saturated carbocycles. The highest BCUT2D eigenvalue weighted by Gasteiger charge is 2.36. The number of carbonyl (C=O) groups is 3. The zero-order chi connectivity index (χ0) is 26.2. The van der Waals surface area contributed by atoms with Crippen molar-refractivity contribution >= 4 is 17.7 Å². The summed E-state index contributed by atoms with van der Waals surface area (Å²) in [6.07, 6.45) is 3.29. The van der Waals surface area contributed by atoms with Crippen LogP contribution in [0.4, 0.5) is 0 Å². The lowest BCUT2D eigenvalue weighted by Gasteiger charge is -2.33. The van der Waals surface area contributed by atoms with Crippen LogP contribution >= 0.6 is 0 Å². The Morgan fingerprint density at radius 2 is 1.69 bits per heavy atom. The Bertz CT molecular complexity index is 1110. The largest absolute Gasteiger partial charge is 0.496 e. The zero-order valence-corrected chi connectivity index (χ0v) is 21.7. The summed E-state index contributed by atoms with van der Waals surface area (Å²) in [5.41, 5.74) is 3.06. The Balaban J connectivity index is 1.64. The average molecular weight is 498 g/mol. The van der Waals surface area contributed by atoms with Gasteiger partial charge in [-0.25, -0.2) is 4.79 Å². The van der Waals surface area contributed by atoms with Crippen LogP contribution in [0.25, 0.3) is 0 Å². The summed E-state index contributed by atoms with van der Waals surface area (Å²) >= 11 is 0. The molecule has 0 spiro atoms. The topological polar surface area (TPSA) is 91.4 Å². The molecule has 1 fully saturated rings. The number of hydrogen-bond donors (Lipinski definition) is 0. The van der Waals surface area contributed by atoms with Crippen molar-refractivity contribution < 1.29 is 33.3 Å². The molecule has 8 nitrogen and oxygen atoms in total. The number of amides is 1. The first-order chi connectivity index (χ1) is 17.3. The number of ketones is 1. The molecule has 0 aromatic heterocycles. The second kappa shape index (κ2) is 12.4. The quantitative estimate of drug-likeness (QED) is 0.211. The molecular weight excluding hydrogens is 462 g/mol. The maximum Gasteiger partial charge on any atom is 0.328 e. The summed E-state index contributed by atoms with van der Waals surface area (Å²) in [7, 11) is 4.62. The minimum absolute atomic E-state index is 0.194. The van der Waals surface area contributed by atoms with Gasteiger partial charge in [0.05, 0.1) is 27.9 Å². The number of likely N-dealkylation sites (tertiary alicyclic amines) is 1. The number of ether oxygens (including phenoxy) is 4. The van der Waals surface area contributed by atoms with Crippen LogP contribution in [0.15, 0.2) is 30.3 Å². The van der Waals surface area contributed by atoms with E-state index < -0.39 is 23.7 Å². The highest BCUT2D eigenvalue weighted by atomic mass is 16.5. The van der Waals surface area contributed by atoms with E-state index in [1.807, 2.05) is 19.1 Å². The van der Waals surface area contributed by atoms with Gasteiger partial charge in [0.15, 0.2) is 11.5 Å². The van der Waals surface area contributed by atoms with Crippen molar-refractivity contribution in [1.29, 1.82) is 0 Å². The number of esters is 1. The average Bonchev–Trinajstić information content (AvgIpc) is 2.89. The van der Waals surface area contributed by atoms with Gasteiger partial charge in [-0.05, 0) is 75.3 Å². The second-order valence-corrected chi connectivity index (χ2v) is 8.95. The van der Waals surface area contributed by atoms with Crippen molar-refractivity contribution in [2.24, 2.45) is 0 Å². The summed E-state index contributed by atoms with van der Waals surface area (Å²) in [4.78, 5) is 40.5. The summed E-state index contributed by atoms with van der Waals surface area (Å²) in [5, 5.41) is 0. The van der Waals surface area contributed by atoms with Crippen molar-refractivity contribution in [1.82, 2.24) is 4.90 Å². The van der Waals surface area contributed by atoms with Gasteiger partial charge in [-0.3, -0.25) is 9.59 Å². The van der Waals surface area contributed by atoms with Gasteiger partial charge in [0.25, 0.3) is 11.7 Å². The number of hydrogen-bond acceptors (Lipinski definition) is 7. The van der Waals surface area contributed by atoms with E-state index >= 15 is 0 Å². The van der Waals surface area contributed by atoms with E-state index in [9.17, 15) is 14.4 Å². The first kappa shape index (κ1) is 27.0. The Kier molecular flexibility index (Phi) is 9.33. The van der Waals surface area contributed by atoms with Gasteiger partial charge in [0.1, 0.15) is 11.8 Å². The molecule has 3 rings (SSSR count). The molecule has 2 aromatic carbocycles. The molecule has 0 aliphatic carbocycles. The van der Waals surface area contributed by atoms with Crippen molar-refractivity contribution in [3.63, 3.8) is 0 Å². The van der Waals surface area contributed by atoms with Crippen molar-refractivity contribution in [2.45, 2.75) is 52.0 Å². The number of Topliss-reactive ketones (excluding diaryl/α,β-unsaturated/α-hetero) is 1. The molecule has 2 aromatic rings. The third kappa shape index (κ3) is 6.17. The zero-order valence-electron chi connectivity index (χ0n) is 21.7. The lowest BCUT2D eigenvalue weighted by Crippen LogP contribution is -2.51. The van der Waals surface area contributed by atoms with E-state index in [1.54, 1.807) is 20.1 Å². The third-order valence-corrected chi connectivity index (χ3v) is 6.43. The minimum atomic E-state index is -0.773. The van der Waals surface area contributed by atoms with Gasteiger partial charge < -0.3 is 23.8 Å². The summed E-state index contributed by atoms with van der Waals surface area (Å²) in [5.74, 6) is -0.203. The number of piperidine rings is 1. The number of nitrogens with zero attached hydrogens (tertiary/aromatic N) is 1. The minimum Gasteiger partial charge on any atom is -0.496 e. The number of rotatable bonds is 10. The van der Waals surface area contributed by atoms with Crippen molar-refractivity contribution in [3.05, 3.63) is 52.6 Å². The van der Waals surface area contributed by atoms with Gasteiger partial charge >= 0.3 is 5.97 Å². The van der Waals surface area contributed by atoms with Gasteiger partial charge in [0, 0.05) is 12.1 Å². The Morgan fingerprint density at radius 3 is 2.39 bits per heavy atom. The normalized spacial score (nSPS) is 15.2. The van der Waals surface area contributed by atoms with E-state index in [-0.39, 0.29) is 12.2 Å². The number of carbonyl (C=O) groups excluding carboxylic acids is 3. The molecule has 0 N–H and O–H groups in total. The number of methoxy groups -OCH3 is 3.